The first-order valence-corrected chi connectivity index (χ1v) is 12.3. The second-order valence-electron chi connectivity index (χ2n) is 9.29. The van der Waals surface area contributed by atoms with Crippen LogP contribution in [0.5, 0.6) is 11.5 Å². The van der Waals surface area contributed by atoms with E-state index in [2.05, 4.69) is 66.5 Å². The van der Waals surface area contributed by atoms with Crippen LogP contribution in [0, 0.1) is 5.41 Å². The van der Waals surface area contributed by atoms with E-state index in [0.29, 0.717) is 5.82 Å². The average Bonchev–Trinajstić information content (AvgIpc) is 3.36. The van der Waals surface area contributed by atoms with Crippen LogP contribution in [0.15, 0.2) is 34.4 Å². The highest BCUT2D eigenvalue weighted by molar-refractivity contribution is 7.99. The molecular weight excluding hydrogens is 436 g/mol. The molecule has 0 saturated carbocycles. The lowest BCUT2D eigenvalue weighted by molar-refractivity contribution is 0.174. The van der Waals surface area contributed by atoms with Crippen molar-refractivity contribution in [1.82, 2.24) is 19.9 Å². The van der Waals surface area contributed by atoms with Crippen molar-refractivity contribution in [3.8, 4) is 11.5 Å². The number of hydrogen-bond acceptors (Lipinski definition) is 8. The van der Waals surface area contributed by atoms with Gasteiger partial charge in [0.25, 0.3) is 0 Å². The van der Waals surface area contributed by atoms with Gasteiger partial charge in [-0.05, 0) is 37.1 Å². The van der Waals surface area contributed by atoms with Crippen molar-refractivity contribution < 1.29 is 9.47 Å². The Hall–Kier alpha value is -2.65. The molecule has 1 aromatic carbocycles. The molecule has 0 amide bonds. The van der Waals surface area contributed by atoms with Gasteiger partial charge in [-0.3, -0.25) is 0 Å². The Morgan fingerprint density at radius 1 is 1.18 bits per heavy atom. The summed E-state index contributed by atoms with van der Waals surface area (Å²) >= 11 is 1.63. The van der Waals surface area contributed by atoms with Crippen LogP contribution in [-0.2, 0) is 6.54 Å². The van der Waals surface area contributed by atoms with E-state index in [0.717, 1.165) is 71.0 Å². The van der Waals surface area contributed by atoms with Crippen LogP contribution >= 0.6 is 11.8 Å². The van der Waals surface area contributed by atoms with Crippen molar-refractivity contribution in [1.29, 1.82) is 0 Å². The summed E-state index contributed by atoms with van der Waals surface area (Å²) < 4.78 is 13.6. The van der Waals surface area contributed by atoms with Crippen LogP contribution in [-0.4, -0.2) is 47.5 Å². The molecule has 178 valence electrons. The molecule has 33 heavy (non-hydrogen) atoms. The molecule has 3 aromatic rings. The number of fused-ring (bicyclic) bond motifs is 2. The van der Waals surface area contributed by atoms with Gasteiger partial charge < -0.3 is 30.0 Å². The van der Waals surface area contributed by atoms with Gasteiger partial charge in [-0.1, -0.05) is 20.8 Å². The summed E-state index contributed by atoms with van der Waals surface area (Å²) in [5.41, 5.74) is 9.26. The number of hydrogen-bond donors (Lipinski definition) is 2. The van der Waals surface area contributed by atoms with Crippen LogP contribution < -0.4 is 25.4 Å². The van der Waals surface area contributed by atoms with Gasteiger partial charge in [-0.15, -0.1) is 0 Å². The first kappa shape index (κ1) is 23.5. The predicted molar refractivity (Wildman–Crippen MR) is 135 cm³/mol. The molecule has 4 rings (SSSR count). The molecule has 8 nitrogen and oxygen atoms in total. The number of nitrogens with zero attached hydrogens (tertiary/aromatic N) is 4. The first-order valence-electron chi connectivity index (χ1n) is 11.5. The molecule has 0 aliphatic carbocycles. The Morgan fingerprint density at radius 2 is 1.91 bits per heavy atom. The monoisotopic (exact) mass is 470 g/mol. The second kappa shape index (κ2) is 9.69. The predicted octanol–water partition coefficient (Wildman–Crippen LogP) is 4.38. The molecule has 2 aromatic heterocycles. The van der Waals surface area contributed by atoms with Gasteiger partial charge in [-0.25, -0.2) is 9.97 Å². The smallest absolute Gasteiger partial charge is 0.231 e. The third-order valence-corrected chi connectivity index (χ3v) is 6.63. The minimum Gasteiger partial charge on any atom is -0.454 e. The quantitative estimate of drug-likeness (QED) is 0.446. The van der Waals surface area contributed by atoms with E-state index in [1.54, 1.807) is 18.0 Å². The minimum atomic E-state index is 0.230. The summed E-state index contributed by atoms with van der Waals surface area (Å²) in [7, 11) is 0. The van der Waals surface area contributed by atoms with Crippen molar-refractivity contribution in [3.05, 3.63) is 24.4 Å². The second-order valence-corrected chi connectivity index (χ2v) is 10.3. The number of aromatic nitrogens is 3. The maximum atomic E-state index is 6.18. The van der Waals surface area contributed by atoms with Crippen LogP contribution in [0.1, 0.15) is 34.6 Å². The summed E-state index contributed by atoms with van der Waals surface area (Å²) in [4.78, 5) is 12.5. The molecule has 0 spiro atoms. The van der Waals surface area contributed by atoms with E-state index < -0.39 is 0 Å². The van der Waals surface area contributed by atoms with Crippen LogP contribution in [0.4, 0.5) is 11.5 Å². The van der Waals surface area contributed by atoms with Gasteiger partial charge >= 0.3 is 0 Å². The summed E-state index contributed by atoms with van der Waals surface area (Å²) in [5, 5.41) is 4.45. The van der Waals surface area contributed by atoms with Gasteiger partial charge in [0.15, 0.2) is 22.5 Å². The molecular formula is C24H34N6O2S. The van der Waals surface area contributed by atoms with Gasteiger partial charge in [0.1, 0.15) is 5.52 Å². The van der Waals surface area contributed by atoms with E-state index in [1.165, 1.54) is 0 Å². The molecule has 9 heteroatoms. The van der Waals surface area contributed by atoms with Crippen molar-refractivity contribution >= 4 is 34.3 Å². The normalized spacial score (nSPS) is 13.1. The van der Waals surface area contributed by atoms with Gasteiger partial charge in [0, 0.05) is 55.9 Å². The van der Waals surface area contributed by atoms with E-state index >= 15 is 0 Å². The fraction of sp³-hybridized carbons (Fsp3) is 0.500. The zero-order chi connectivity index (χ0) is 23.6. The topological polar surface area (TPSA) is 90.5 Å². The van der Waals surface area contributed by atoms with E-state index in [1.807, 2.05) is 6.07 Å². The van der Waals surface area contributed by atoms with Gasteiger partial charge in [0.05, 0.1) is 11.2 Å². The van der Waals surface area contributed by atoms with Crippen LogP contribution in [0.3, 0.4) is 0 Å². The maximum Gasteiger partial charge on any atom is 0.231 e. The molecule has 1 aliphatic rings. The zero-order valence-electron chi connectivity index (χ0n) is 20.1. The van der Waals surface area contributed by atoms with Crippen LogP contribution in [0.2, 0.25) is 0 Å². The Kier molecular flexibility index (Phi) is 6.90. The number of ether oxygens (including phenoxy) is 2. The summed E-state index contributed by atoms with van der Waals surface area (Å²) in [6.45, 7) is 15.6. The largest absolute Gasteiger partial charge is 0.454 e. The lowest BCUT2D eigenvalue weighted by Gasteiger charge is -2.24. The number of anilines is 2. The molecule has 1 aliphatic heterocycles. The molecule has 0 radical (unpaired) electrons. The summed E-state index contributed by atoms with van der Waals surface area (Å²) in [6.07, 6.45) is 1.74. The number of nitrogens with two attached hydrogens (primary N) is 1. The molecule has 3 N–H and O–H groups in total. The van der Waals surface area contributed by atoms with Gasteiger partial charge in [-0.2, -0.15) is 0 Å². The summed E-state index contributed by atoms with van der Waals surface area (Å²) in [5.74, 6) is 2.00. The SMILES string of the molecule is CCN(CC)c1cc2c(cc1Sc1nc3c(N)nccc3n1CCNCC(C)(C)C)OCO2. The number of nitrogen functional groups attached to an aromatic ring is 1. The number of imidazole rings is 1. The van der Waals surface area contributed by atoms with E-state index in [4.69, 9.17) is 20.2 Å². The fourth-order valence-electron chi connectivity index (χ4n) is 3.90. The average molecular weight is 471 g/mol. The minimum absolute atomic E-state index is 0.230. The number of benzene rings is 1. The van der Waals surface area contributed by atoms with E-state index in [9.17, 15) is 0 Å². The van der Waals surface area contributed by atoms with Gasteiger partial charge in [0.2, 0.25) is 6.79 Å². The Balaban J connectivity index is 1.70. The molecule has 3 heterocycles. The number of nitrogens with one attached hydrogen (secondary N) is 1. The molecule has 0 saturated heterocycles. The Labute approximate surface area is 199 Å². The fourth-order valence-corrected chi connectivity index (χ4v) is 5.00. The first-order chi connectivity index (χ1) is 15.8. The van der Waals surface area contributed by atoms with Crippen molar-refractivity contribution in [3.63, 3.8) is 0 Å². The molecule has 0 unspecified atom stereocenters. The third-order valence-electron chi connectivity index (χ3n) is 5.59. The van der Waals surface area contributed by atoms with E-state index in [-0.39, 0.29) is 12.2 Å². The van der Waals surface area contributed by atoms with Crippen LogP contribution in [0.25, 0.3) is 11.0 Å². The Bertz CT molecular complexity index is 1120. The third kappa shape index (κ3) is 5.14. The maximum absolute atomic E-state index is 6.18. The standard InChI is InChI=1S/C24H34N6O2S/c1-6-29(7-2)17-12-18-19(32-15-31-18)13-20(17)33-23-28-21-16(8-9-27-22(21)25)30(23)11-10-26-14-24(3,4)5/h8-9,12-13,26H,6-7,10-11,14-15H2,1-5H3,(H2,25,27). The number of pyridine rings is 1. The zero-order valence-corrected chi connectivity index (χ0v) is 21.0. The van der Waals surface area contributed by atoms with Crippen molar-refractivity contribution in [2.24, 2.45) is 5.41 Å². The summed E-state index contributed by atoms with van der Waals surface area (Å²) in [6, 6.07) is 6.12. The van der Waals surface area contributed by atoms with Crippen molar-refractivity contribution in [2.45, 2.75) is 51.2 Å². The lowest BCUT2D eigenvalue weighted by atomic mass is 9.97. The highest BCUT2D eigenvalue weighted by Gasteiger charge is 2.23. The lowest BCUT2D eigenvalue weighted by Crippen LogP contribution is -2.29. The highest BCUT2D eigenvalue weighted by Crippen LogP contribution is 2.45. The van der Waals surface area contributed by atoms with Crippen molar-refractivity contribution in [2.75, 3.05) is 43.6 Å². The molecule has 0 fully saturated rings. The molecule has 0 atom stereocenters. The number of rotatable bonds is 9. The highest BCUT2D eigenvalue weighted by atomic mass is 32.2. The Morgan fingerprint density at radius 3 is 2.61 bits per heavy atom. The molecule has 0 bridgehead atoms.